The van der Waals surface area contributed by atoms with Crippen LogP contribution in [0.15, 0.2) is 18.3 Å². The van der Waals surface area contributed by atoms with Gasteiger partial charge in [-0.3, -0.25) is 0 Å². The van der Waals surface area contributed by atoms with Crippen LogP contribution in [0, 0.1) is 0 Å². The van der Waals surface area contributed by atoms with E-state index in [4.69, 9.17) is 11.5 Å². The van der Waals surface area contributed by atoms with Crippen LogP contribution in [-0.2, 0) is 0 Å². The summed E-state index contributed by atoms with van der Waals surface area (Å²) in [6.45, 7) is 4.15. The summed E-state index contributed by atoms with van der Waals surface area (Å²) in [6, 6.07) is 4.00. The Kier molecular flexibility index (Phi) is 2.95. The van der Waals surface area contributed by atoms with Crippen LogP contribution in [0.5, 0.6) is 0 Å². The summed E-state index contributed by atoms with van der Waals surface area (Å²) in [5.41, 5.74) is 12.3. The molecular formula is C11H16N6. The molecule has 17 heavy (non-hydrogen) atoms. The molecule has 2 unspecified atom stereocenters. The van der Waals surface area contributed by atoms with Crippen molar-refractivity contribution in [2.24, 2.45) is 0 Å². The van der Waals surface area contributed by atoms with Gasteiger partial charge in [-0.05, 0) is 12.1 Å². The second-order valence-electron chi connectivity index (χ2n) is 4.11. The zero-order chi connectivity index (χ0) is 12.4. The molecule has 6 heteroatoms. The number of hydrogen-bond acceptors (Lipinski definition) is 5. The molecule has 0 aliphatic heterocycles. The Labute approximate surface area is 99.5 Å². The van der Waals surface area contributed by atoms with E-state index in [2.05, 4.69) is 26.9 Å². The van der Waals surface area contributed by atoms with E-state index in [1.54, 1.807) is 0 Å². The number of hydrogen-bond donors (Lipinski definition) is 3. The first kappa shape index (κ1) is 11.4. The van der Waals surface area contributed by atoms with Crippen molar-refractivity contribution in [3.8, 4) is 0 Å². The fourth-order valence-corrected chi connectivity index (χ4v) is 1.75. The van der Waals surface area contributed by atoms with E-state index in [1.165, 1.54) is 0 Å². The summed E-state index contributed by atoms with van der Waals surface area (Å²) >= 11 is 0. The van der Waals surface area contributed by atoms with Crippen LogP contribution in [0.3, 0.4) is 0 Å². The Balaban J connectivity index is 2.27. The van der Waals surface area contributed by atoms with Gasteiger partial charge < -0.3 is 16.5 Å². The van der Waals surface area contributed by atoms with Gasteiger partial charge in [0.1, 0.15) is 5.82 Å². The van der Waals surface area contributed by atoms with Gasteiger partial charge in [-0.1, -0.05) is 13.8 Å². The average Bonchev–Trinajstić information content (AvgIpc) is 2.79. The van der Waals surface area contributed by atoms with Crippen molar-refractivity contribution in [3.63, 3.8) is 0 Å². The third-order valence-electron chi connectivity index (χ3n) is 2.96. The Hall–Kier alpha value is -2.11. The second-order valence-corrected chi connectivity index (χ2v) is 4.11. The van der Waals surface area contributed by atoms with Crippen LogP contribution in [0.25, 0.3) is 0 Å². The highest BCUT2D eigenvalue weighted by Gasteiger charge is 2.20. The van der Waals surface area contributed by atoms with Gasteiger partial charge in [0, 0.05) is 23.7 Å². The van der Waals surface area contributed by atoms with Crippen LogP contribution in [-0.4, -0.2) is 19.9 Å². The van der Waals surface area contributed by atoms with Gasteiger partial charge in [-0.2, -0.15) is 15.0 Å². The fourth-order valence-electron chi connectivity index (χ4n) is 1.75. The molecule has 2 aromatic rings. The van der Waals surface area contributed by atoms with E-state index < -0.39 is 0 Å². The maximum absolute atomic E-state index is 5.57. The summed E-state index contributed by atoms with van der Waals surface area (Å²) in [5.74, 6) is 1.32. The van der Waals surface area contributed by atoms with Crippen LogP contribution >= 0.6 is 0 Å². The molecule has 0 saturated heterocycles. The van der Waals surface area contributed by atoms with Gasteiger partial charge in [0.05, 0.1) is 0 Å². The Bertz CT molecular complexity index is 472. The molecule has 0 spiro atoms. The highest BCUT2D eigenvalue weighted by atomic mass is 15.1. The molecule has 0 radical (unpaired) electrons. The molecule has 5 N–H and O–H groups in total. The SMILES string of the molecule is CC(c1nc(N)nc(N)n1)C(C)c1ccc[nH]1. The molecular weight excluding hydrogens is 216 g/mol. The normalized spacial score (nSPS) is 14.5. The van der Waals surface area contributed by atoms with Crippen molar-refractivity contribution in [1.82, 2.24) is 19.9 Å². The number of rotatable bonds is 3. The molecule has 2 heterocycles. The van der Waals surface area contributed by atoms with Crippen molar-refractivity contribution >= 4 is 11.9 Å². The van der Waals surface area contributed by atoms with E-state index in [1.807, 2.05) is 25.3 Å². The number of aromatic amines is 1. The smallest absolute Gasteiger partial charge is 0.225 e. The first-order valence-corrected chi connectivity index (χ1v) is 5.48. The van der Waals surface area contributed by atoms with Gasteiger partial charge >= 0.3 is 0 Å². The first-order chi connectivity index (χ1) is 8.08. The molecule has 2 rings (SSSR count). The number of aromatic nitrogens is 4. The molecule has 2 atom stereocenters. The van der Waals surface area contributed by atoms with Crippen molar-refractivity contribution in [2.75, 3.05) is 11.5 Å². The maximum Gasteiger partial charge on any atom is 0.225 e. The number of nitrogens with one attached hydrogen (secondary N) is 1. The van der Waals surface area contributed by atoms with E-state index in [0.717, 1.165) is 5.69 Å². The zero-order valence-corrected chi connectivity index (χ0v) is 9.88. The molecule has 2 aromatic heterocycles. The minimum absolute atomic E-state index is 0.112. The average molecular weight is 232 g/mol. The summed E-state index contributed by atoms with van der Waals surface area (Å²) < 4.78 is 0. The first-order valence-electron chi connectivity index (χ1n) is 5.48. The van der Waals surface area contributed by atoms with Gasteiger partial charge in [0.25, 0.3) is 0 Å². The second kappa shape index (κ2) is 4.40. The van der Waals surface area contributed by atoms with Crippen molar-refractivity contribution in [1.29, 1.82) is 0 Å². The lowest BCUT2D eigenvalue weighted by Gasteiger charge is -2.17. The molecule has 6 nitrogen and oxygen atoms in total. The largest absolute Gasteiger partial charge is 0.368 e. The Morgan fingerprint density at radius 2 is 1.71 bits per heavy atom. The lowest BCUT2D eigenvalue weighted by atomic mass is 9.92. The van der Waals surface area contributed by atoms with Gasteiger partial charge in [0.15, 0.2) is 0 Å². The Morgan fingerprint density at radius 1 is 1.06 bits per heavy atom. The molecule has 0 bridgehead atoms. The number of nitrogen functional groups attached to an aromatic ring is 2. The minimum Gasteiger partial charge on any atom is -0.368 e. The van der Waals surface area contributed by atoms with Crippen molar-refractivity contribution < 1.29 is 0 Å². The molecule has 0 saturated carbocycles. The van der Waals surface area contributed by atoms with E-state index >= 15 is 0 Å². The van der Waals surface area contributed by atoms with Crippen LogP contribution in [0.1, 0.15) is 37.2 Å². The van der Waals surface area contributed by atoms with Crippen molar-refractivity contribution in [2.45, 2.75) is 25.7 Å². The summed E-state index contributed by atoms with van der Waals surface area (Å²) in [4.78, 5) is 15.2. The van der Waals surface area contributed by atoms with E-state index in [0.29, 0.717) is 5.82 Å². The molecule has 0 aromatic carbocycles. The topological polar surface area (TPSA) is 106 Å². The molecule has 0 aliphatic carbocycles. The van der Waals surface area contributed by atoms with E-state index in [-0.39, 0.29) is 23.7 Å². The van der Waals surface area contributed by atoms with Gasteiger partial charge in [-0.15, -0.1) is 0 Å². The predicted molar refractivity (Wildman–Crippen MR) is 66.3 cm³/mol. The summed E-state index contributed by atoms with van der Waals surface area (Å²) in [5, 5.41) is 0. The summed E-state index contributed by atoms with van der Waals surface area (Å²) in [6.07, 6.45) is 1.90. The third kappa shape index (κ3) is 2.35. The van der Waals surface area contributed by atoms with Gasteiger partial charge in [0.2, 0.25) is 11.9 Å². The quantitative estimate of drug-likeness (QED) is 0.738. The van der Waals surface area contributed by atoms with Gasteiger partial charge in [-0.25, -0.2) is 0 Å². The standard InChI is InChI=1S/C11H16N6/c1-6(8-4-3-5-14-8)7(2)9-15-10(12)17-11(13)16-9/h3-7,14H,1-2H3,(H4,12,13,15,16,17). The number of H-pyrrole nitrogens is 1. The molecule has 0 aliphatic rings. The number of nitrogens with two attached hydrogens (primary N) is 2. The van der Waals surface area contributed by atoms with Crippen LogP contribution in [0.2, 0.25) is 0 Å². The van der Waals surface area contributed by atoms with Crippen LogP contribution < -0.4 is 11.5 Å². The number of anilines is 2. The molecule has 0 amide bonds. The fraction of sp³-hybridized carbons (Fsp3) is 0.364. The lowest BCUT2D eigenvalue weighted by molar-refractivity contribution is 0.578. The Morgan fingerprint density at radius 3 is 2.24 bits per heavy atom. The summed E-state index contributed by atoms with van der Waals surface area (Å²) in [7, 11) is 0. The highest BCUT2D eigenvalue weighted by Crippen LogP contribution is 2.29. The lowest BCUT2D eigenvalue weighted by Crippen LogP contribution is -2.13. The van der Waals surface area contributed by atoms with E-state index in [9.17, 15) is 0 Å². The molecule has 0 fully saturated rings. The van der Waals surface area contributed by atoms with Crippen molar-refractivity contribution in [3.05, 3.63) is 29.8 Å². The maximum atomic E-state index is 5.57. The highest BCUT2D eigenvalue weighted by molar-refractivity contribution is 5.28. The molecule has 90 valence electrons. The number of nitrogens with zero attached hydrogens (tertiary/aromatic N) is 3. The third-order valence-corrected chi connectivity index (χ3v) is 2.96. The minimum atomic E-state index is 0.112. The van der Waals surface area contributed by atoms with Crippen LogP contribution in [0.4, 0.5) is 11.9 Å². The monoisotopic (exact) mass is 232 g/mol. The predicted octanol–water partition coefficient (Wildman–Crippen LogP) is 1.27. The zero-order valence-electron chi connectivity index (χ0n) is 9.88.